The van der Waals surface area contributed by atoms with Crippen LogP contribution in [-0.4, -0.2) is 41.5 Å². The molecule has 2 aromatic carbocycles. The van der Waals surface area contributed by atoms with Crippen LogP contribution in [-0.2, 0) is 13.0 Å². The van der Waals surface area contributed by atoms with Crippen LogP contribution in [0, 0.1) is 0 Å². The maximum absolute atomic E-state index is 12.2. The Morgan fingerprint density at radius 2 is 1.81 bits per heavy atom. The first-order valence-electron chi connectivity index (χ1n) is 9.35. The number of nitrogens with one attached hydrogen (secondary N) is 1. The van der Waals surface area contributed by atoms with Crippen LogP contribution < -0.4 is 10.2 Å². The lowest BCUT2D eigenvalue weighted by molar-refractivity contribution is 0.0973. The molecule has 0 radical (unpaired) electrons. The molecule has 2 aliphatic heterocycles. The van der Waals surface area contributed by atoms with Crippen LogP contribution in [0.25, 0.3) is 11.0 Å². The van der Waals surface area contributed by atoms with Crippen molar-refractivity contribution in [2.24, 2.45) is 0 Å². The largest absolute Gasteiger partial charge is 0.369 e. The maximum atomic E-state index is 12.2. The first-order valence-corrected chi connectivity index (χ1v) is 9.35. The number of imidazole rings is 1. The zero-order valence-electron chi connectivity index (χ0n) is 14.7. The summed E-state index contributed by atoms with van der Waals surface area (Å²) >= 11 is 0. The van der Waals surface area contributed by atoms with Crippen molar-refractivity contribution in [1.82, 2.24) is 14.9 Å². The molecule has 5 nitrogen and oxygen atoms in total. The summed E-state index contributed by atoms with van der Waals surface area (Å²) in [6, 6.07) is 14.7. The van der Waals surface area contributed by atoms with Crippen LogP contribution in [0.2, 0.25) is 0 Å². The van der Waals surface area contributed by atoms with Gasteiger partial charge >= 0.3 is 0 Å². The van der Waals surface area contributed by atoms with E-state index in [4.69, 9.17) is 4.98 Å². The Labute approximate surface area is 152 Å². The fourth-order valence-electron chi connectivity index (χ4n) is 4.11. The van der Waals surface area contributed by atoms with E-state index in [0.29, 0.717) is 6.42 Å². The number of benzene rings is 2. The van der Waals surface area contributed by atoms with Gasteiger partial charge in [0.1, 0.15) is 5.82 Å². The van der Waals surface area contributed by atoms with Gasteiger partial charge in [-0.15, -0.1) is 0 Å². The summed E-state index contributed by atoms with van der Waals surface area (Å²) in [4.78, 5) is 19.4. The number of ketones is 1. The van der Waals surface area contributed by atoms with Gasteiger partial charge < -0.3 is 14.8 Å². The van der Waals surface area contributed by atoms with Gasteiger partial charge in [0.15, 0.2) is 5.78 Å². The van der Waals surface area contributed by atoms with Crippen LogP contribution in [0.15, 0.2) is 42.5 Å². The second-order valence-corrected chi connectivity index (χ2v) is 7.11. The van der Waals surface area contributed by atoms with Gasteiger partial charge in [0.25, 0.3) is 0 Å². The molecule has 26 heavy (non-hydrogen) atoms. The summed E-state index contributed by atoms with van der Waals surface area (Å²) in [6.45, 7) is 4.96. The monoisotopic (exact) mass is 346 g/mol. The second kappa shape index (κ2) is 6.25. The van der Waals surface area contributed by atoms with Crippen molar-refractivity contribution in [3.63, 3.8) is 0 Å². The summed E-state index contributed by atoms with van der Waals surface area (Å²) < 4.78 is 2.23. The number of carbonyl (C=O) groups excluding carboxylic acids is 1. The standard InChI is InChI=1S/C21H22N4O/c26-19-8-11-25-20(23-18-3-1-2-17(19)21(18)25)14-15-4-6-16(7-5-15)24-12-9-22-10-13-24/h1-7,22H,8-14H2. The Morgan fingerprint density at radius 1 is 1.00 bits per heavy atom. The molecule has 0 bridgehead atoms. The molecular formula is C21H22N4O. The minimum atomic E-state index is 0.231. The van der Waals surface area contributed by atoms with Crippen LogP contribution in [0.1, 0.15) is 28.2 Å². The molecule has 1 N–H and O–H groups in total. The quantitative estimate of drug-likeness (QED) is 0.792. The molecule has 5 rings (SSSR count). The zero-order chi connectivity index (χ0) is 17.5. The fraction of sp³-hybridized carbons (Fsp3) is 0.333. The third-order valence-corrected chi connectivity index (χ3v) is 5.49. The first kappa shape index (κ1) is 15.6. The van der Waals surface area contributed by atoms with Crippen LogP contribution >= 0.6 is 0 Å². The molecule has 0 unspecified atom stereocenters. The lowest BCUT2D eigenvalue weighted by Gasteiger charge is -2.29. The molecule has 0 aliphatic carbocycles. The lowest BCUT2D eigenvalue weighted by atomic mass is 10.0. The number of nitrogens with zero attached hydrogens (tertiary/aromatic N) is 3. The van der Waals surface area contributed by atoms with Crippen molar-refractivity contribution in [3.05, 3.63) is 59.4 Å². The molecule has 5 heteroatoms. The van der Waals surface area contributed by atoms with E-state index in [0.717, 1.165) is 61.6 Å². The van der Waals surface area contributed by atoms with E-state index in [-0.39, 0.29) is 5.78 Å². The Kier molecular flexibility index (Phi) is 3.75. The number of piperazine rings is 1. The highest BCUT2D eigenvalue weighted by molar-refractivity contribution is 6.07. The van der Waals surface area contributed by atoms with E-state index in [9.17, 15) is 4.79 Å². The number of Topliss-reactive ketones (excluding diaryl/α,β-unsaturated/α-hetero) is 1. The minimum Gasteiger partial charge on any atom is -0.369 e. The topological polar surface area (TPSA) is 50.2 Å². The number of para-hydroxylation sites is 1. The van der Waals surface area contributed by atoms with E-state index in [2.05, 4.69) is 39.0 Å². The van der Waals surface area contributed by atoms with Crippen molar-refractivity contribution in [3.8, 4) is 0 Å². The molecule has 1 fully saturated rings. The predicted octanol–water partition coefficient (Wildman–Crippen LogP) is 2.62. The Hall–Kier alpha value is -2.66. The number of hydrogen-bond donors (Lipinski definition) is 1. The summed E-state index contributed by atoms with van der Waals surface area (Å²) in [5.41, 5.74) is 5.31. The van der Waals surface area contributed by atoms with E-state index in [1.54, 1.807) is 0 Å². The zero-order valence-corrected chi connectivity index (χ0v) is 14.7. The fourth-order valence-corrected chi connectivity index (χ4v) is 4.11. The molecule has 0 amide bonds. The summed E-state index contributed by atoms with van der Waals surface area (Å²) in [6.07, 6.45) is 1.36. The first-order chi connectivity index (χ1) is 12.8. The summed E-state index contributed by atoms with van der Waals surface area (Å²) in [7, 11) is 0. The number of rotatable bonds is 3. The van der Waals surface area contributed by atoms with Crippen molar-refractivity contribution in [2.75, 3.05) is 31.1 Å². The number of carbonyl (C=O) groups is 1. The molecule has 1 aromatic heterocycles. The van der Waals surface area contributed by atoms with Crippen molar-refractivity contribution in [1.29, 1.82) is 0 Å². The molecule has 3 aromatic rings. The van der Waals surface area contributed by atoms with Crippen molar-refractivity contribution < 1.29 is 4.79 Å². The third-order valence-electron chi connectivity index (χ3n) is 5.49. The van der Waals surface area contributed by atoms with E-state index in [1.165, 1.54) is 11.3 Å². The number of anilines is 1. The van der Waals surface area contributed by atoms with E-state index in [1.807, 2.05) is 18.2 Å². The highest BCUT2D eigenvalue weighted by Crippen LogP contribution is 2.27. The summed E-state index contributed by atoms with van der Waals surface area (Å²) in [5, 5.41) is 3.39. The Balaban J connectivity index is 1.44. The van der Waals surface area contributed by atoms with Crippen molar-refractivity contribution >= 4 is 22.5 Å². The highest BCUT2D eigenvalue weighted by Gasteiger charge is 2.22. The molecule has 2 aliphatic rings. The number of aryl methyl sites for hydroxylation is 1. The average Bonchev–Trinajstić information content (AvgIpc) is 3.04. The van der Waals surface area contributed by atoms with Crippen LogP contribution in [0.4, 0.5) is 5.69 Å². The smallest absolute Gasteiger partial charge is 0.166 e. The molecule has 0 atom stereocenters. The molecule has 0 saturated carbocycles. The molecule has 0 spiro atoms. The highest BCUT2D eigenvalue weighted by atomic mass is 16.1. The van der Waals surface area contributed by atoms with E-state index >= 15 is 0 Å². The Morgan fingerprint density at radius 3 is 2.62 bits per heavy atom. The van der Waals surface area contributed by atoms with Gasteiger partial charge in [-0.05, 0) is 29.8 Å². The summed E-state index contributed by atoms with van der Waals surface area (Å²) in [5.74, 6) is 1.28. The molecular weight excluding hydrogens is 324 g/mol. The van der Waals surface area contributed by atoms with Gasteiger partial charge in [-0.2, -0.15) is 0 Å². The number of hydrogen-bond acceptors (Lipinski definition) is 4. The molecule has 1 saturated heterocycles. The van der Waals surface area contributed by atoms with Crippen molar-refractivity contribution in [2.45, 2.75) is 19.4 Å². The lowest BCUT2D eigenvalue weighted by Crippen LogP contribution is -2.43. The SMILES string of the molecule is O=C1CCn2c(Cc3ccc(N4CCNCC4)cc3)nc3cccc1c32. The maximum Gasteiger partial charge on any atom is 0.166 e. The normalized spacial score (nSPS) is 17.1. The number of aromatic nitrogens is 2. The van der Waals surface area contributed by atoms with Crippen LogP contribution in [0.3, 0.4) is 0 Å². The van der Waals surface area contributed by atoms with Crippen LogP contribution in [0.5, 0.6) is 0 Å². The Bertz CT molecular complexity index is 968. The van der Waals surface area contributed by atoms with Gasteiger partial charge in [0.05, 0.1) is 11.0 Å². The molecule has 3 heterocycles. The van der Waals surface area contributed by atoms with Gasteiger partial charge in [-0.1, -0.05) is 18.2 Å². The van der Waals surface area contributed by atoms with Gasteiger partial charge in [0, 0.05) is 56.8 Å². The van der Waals surface area contributed by atoms with Gasteiger partial charge in [0.2, 0.25) is 0 Å². The predicted molar refractivity (Wildman–Crippen MR) is 103 cm³/mol. The average molecular weight is 346 g/mol. The minimum absolute atomic E-state index is 0.231. The molecule has 132 valence electrons. The second-order valence-electron chi connectivity index (χ2n) is 7.11. The third kappa shape index (κ3) is 2.59. The van der Waals surface area contributed by atoms with Gasteiger partial charge in [-0.3, -0.25) is 4.79 Å². The van der Waals surface area contributed by atoms with E-state index < -0.39 is 0 Å². The van der Waals surface area contributed by atoms with Gasteiger partial charge in [-0.25, -0.2) is 4.98 Å².